The molecule has 0 N–H and O–H groups in total. The summed E-state index contributed by atoms with van der Waals surface area (Å²) in [5, 5.41) is 5.55. The fraction of sp³-hybridized carbons (Fsp3) is 0.318. The van der Waals surface area contributed by atoms with Gasteiger partial charge in [-0.2, -0.15) is 0 Å². The summed E-state index contributed by atoms with van der Waals surface area (Å²) in [6.45, 7) is 3.57. The molecule has 2 aliphatic rings. The number of benzene rings is 2. The highest BCUT2D eigenvalue weighted by Gasteiger charge is 2.23. The topological polar surface area (TPSA) is 46.3 Å². The minimum absolute atomic E-state index is 0.503. The molecule has 0 atom stereocenters. The molecule has 2 aliphatic heterocycles. The quantitative estimate of drug-likeness (QED) is 0.670. The molecule has 3 aromatic rings. The Bertz CT molecular complexity index is 1020. The second-order valence-electron chi connectivity index (χ2n) is 7.39. The third-order valence-electron chi connectivity index (χ3n) is 5.40. The predicted octanol–water partition coefficient (Wildman–Crippen LogP) is 4.26. The summed E-state index contributed by atoms with van der Waals surface area (Å²) in [7, 11) is 0. The van der Waals surface area contributed by atoms with Crippen LogP contribution in [-0.4, -0.2) is 38.5 Å². The van der Waals surface area contributed by atoms with Gasteiger partial charge in [-0.1, -0.05) is 48.4 Å². The highest BCUT2D eigenvalue weighted by atomic mass is 35.5. The smallest absolute Gasteiger partial charge is 0.165 e. The van der Waals surface area contributed by atoms with Crippen molar-refractivity contribution in [3.05, 3.63) is 76.3 Å². The van der Waals surface area contributed by atoms with Crippen LogP contribution in [0.25, 0.3) is 5.69 Å². The van der Waals surface area contributed by atoms with Crippen LogP contribution in [0, 0.1) is 0 Å². The zero-order valence-corrected chi connectivity index (χ0v) is 16.4. The van der Waals surface area contributed by atoms with Gasteiger partial charge in [-0.05, 0) is 44.1 Å². The Kier molecular flexibility index (Phi) is 4.71. The molecule has 0 bridgehead atoms. The molecule has 142 valence electrons. The molecule has 3 heterocycles. The SMILES string of the molecule is Clc1ccc2c(c1)C(c1ccccc1)=NCc1nc(CN3CCCCC3)nn1-2. The number of likely N-dealkylation sites (tertiary alicyclic amines) is 1. The third kappa shape index (κ3) is 3.36. The highest BCUT2D eigenvalue weighted by molar-refractivity contribution is 6.31. The molecular weight excluding hydrogens is 370 g/mol. The average molecular weight is 392 g/mol. The zero-order valence-electron chi connectivity index (χ0n) is 15.7. The highest BCUT2D eigenvalue weighted by Crippen LogP contribution is 2.27. The number of aromatic nitrogens is 3. The van der Waals surface area contributed by atoms with E-state index in [1.165, 1.54) is 19.3 Å². The Labute approximate surface area is 169 Å². The number of fused-ring (bicyclic) bond motifs is 3. The second kappa shape index (κ2) is 7.49. The average Bonchev–Trinajstić information content (AvgIpc) is 3.06. The summed E-state index contributed by atoms with van der Waals surface area (Å²) < 4.78 is 1.95. The van der Waals surface area contributed by atoms with Gasteiger partial charge in [0.2, 0.25) is 0 Å². The fourth-order valence-corrected chi connectivity index (χ4v) is 4.20. The lowest BCUT2D eigenvalue weighted by Crippen LogP contribution is -2.29. The van der Waals surface area contributed by atoms with Gasteiger partial charge in [0.05, 0.1) is 24.5 Å². The van der Waals surface area contributed by atoms with Crippen molar-refractivity contribution in [3.63, 3.8) is 0 Å². The minimum Gasteiger partial charge on any atom is -0.296 e. The van der Waals surface area contributed by atoms with Crippen LogP contribution in [0.5, 0.6) is 0 Å². The monoisotopic (exact) mass is 391 g/mol. The van der Waals surface area contributed by atoms with Gasteiger partial charge in [0, 0.05) is 16.1 Å². The minimum atomic E-state index is 0.503. The molecule has 0 amide bonds. The maximum Gasteiger partial charge on any atom is 0.165 e. The molecule has 0 radical (unpaired) electrons. The summed E-state index contributed by atoms with van der Waals surface area (Å²) in [5.41, 5.74) is 3.98. The lowest BCUT2D eigenvalue weighted by Gasteiger charge is -2.24. The standard InChI is InChI=1S/C22H22ClN5/c23-17-9-10-19-18(13-17)22(16-7-3-1-4-8-16)24-14-21-25-20(26-28(19)21)15-27-11-5-2-6-12-27/h1,3-4,7-10,13H,2,5-6,11-12,14-15H2. The van der Waals surface area contributed by atoms with E-state index in [9.17, 15) is 0 Å². The van der Waals surface area contributed by atoms with E-state index in [2.05, 4.69) is 17.0 Å². The van der Waals surface area contributed by atoms with Crippen molar-refractivity contribution in [2.75, 3.05) is 13.1 Å². The zero-order chi connectivity index (χ0) is 18.9. The number of hydrogen-bond donors (Lipinski definition) is 0. The van der Waals surface area contributed by atoms with Crippen molar-refractivity contribution in [1.29, 1.82) is 0 Å². The van der Waals surface area contributed by atoms with Crippen molar-refractivity contribution in [2.24, 2.45) is 4.99 Å². The predicted molar refractivity (Wildman–Crippen MR) is 111 cm³/mol. The Morgan fingerprint density at radius 1 is 0.964 bits per heavy atom. The summed E-state index contributed by atoms with van der Waals surface area (Å²) >= 11 is 6.34. The van der Waals surface area contributed by atoms with Crippen molar-refractivity contribution in [3.8, 4) is 5.69 Å². The van der Waals surface area contributed by atoms with Crippen LogP contribution in [0.1, 0.15) is 42.0 Å². The van der Waals surface area contributed by atoms with Crippen LogP contribution < -0.4 is 0 Å². The fourth-order valence-electron chi connectivity index (χ4n) is 4.03. The first kappa shape index (κ1) is 17.6. The molecule has 1 fully saturated rings. The van der Waals surface area contributed by atoms with E-state index in [0.29, 0.717) is 11.6 Å². The molecule has 6 heteroatoms. The van der Waals surface area contributed by atoms with Crippen LogP contribution in [0.4, 0.5) is 0 Å². The summed E-state index contributed by atoms with van der Waals surface area (Å²) in [6, 6.07) is 16.1. The number of nitrogens with zero attached hydrogens (tertiary/aromatic N) is 5. The molecule has 5 nitrogen and oxygen atoms in total. The summed E-state index contributed by atoms with van der Waals surface area (Å²) in [4.78, 5) is 12.2. The van der Waals surface area contributed by atoms with Gasteiger partial charge in [0.25, 0.3) is 0 Å². The molecule has 5 rings (SSSR count). The number of aliphatic imine (C=N–C) groups is 1. The molecule has 0 spiro atoms. The molecule has 2 aromatic carbocycles. The Balaban J connectivity index is 1.55. The summed E-state index contributed by atoms with van der Waals surface area (Å²) in [5.74, 6) is 1.75. The van der Waals surface area contributed by atoms with Crippen LogP contribution in [0.2, 0.25) is 5.02 Å². The van der Waals surface area contributed by atoms with Crippen molar-refractivity contribution < 1.29 is 0 Å². The van der Waals surface area contributed by atoms with Gasteiger partial charge in [0.15, 0.2) is 11.6 Å². The van der Waals surface area contributed by atoms with Gasteiger partial charge in [0.1, 0.15) is 0 Å². The number of halogens is 1. The third-order valence-corrected chi connectivity index (χ3v) is 5.63. The number of piperidine rings is 1. The van der Waals surface area contributed by atoms with Crippen molar-refractivity contribution in [1.82, 2.24) is 19.7 Å². The van der Waals surface area contributed by atoms with Crippen LogP contribution in [0.15, 0.2) is 53.5 Å². The van der Waals surface area contributed by atoms with Gasteiger partial charge in [-0.25, -0.2) is 9.67 Å². The first-order valence-corrected chi connectivity index (χ1v) is 10.2. The van der Waals surface area contributed by atoms with Gasteiger partial charge < -0.3 is 0 Å². The lowest BCUT2D eigenvalue weighted by atomic mass is 10.0. The van der Waals surface area contributed by atoms with E-state index in [1.807, 2.05) is 41.1 Å². The second-order valence-corrected chi connectivity index (χ2v) is 7.82. The lowest BCUT2D eigenvalue weighted by molar-refractivity contribution is 0.216. The number of hydrogen-bond acceptors (Lipinski definition) is 4. The Hall–Kier alpha value is -2.50. The van der Waals surface area contributed by atoms with Crippen LogP contribution in [0.3, 0.4) is 0 Å². The maximum absolute atomic E-state index is 6.34. The molecule has 28 heavy (non-hydrogen) atoms. The first-order chi connectivity index (χ1) is 13.8. The number of rotatable bonds is 3. The van der Waals surface area contributed by atoms with Gasteiger partial charge in [-0.3, -0.25) is 9.89 Å². The molecule has 0 saturated carbocycles. The molecule has 1 saturated heterocycles. The Morgan fingerprint density at radius 2 is 1.79 bits per heavy atom. The van der Waals surface area contributed by atoms with Crippen molar-refractivity contribution in [2.45, 2.75) is 32.4 Å². The van der Waals surface area contributed by atoms with E-state index in [1.54, 1.807) is 0 Å². The van der Waals surface area contributed by atoms with E-state index in [0.717, 1.165) is 53.8 Å². The summed E-state index contributed by atoms with van der Waals surface area (Å²) in [6.07, 6.45) is 3.86. The van der Waals surface area contributed by atoms with E-state index in [4.69, 9.17) is 26.7 Å². The maximum atomic E-state index is 6.34. The largest absolute Gasteiger partial charge is 0.296 e. The first-order valence-electron chi connectivity index (χ1n) is 9.85. The van der Waals surface area contributed by atoms with Crippen LogP contribution >= 0.6 is 11.6 Å². The molecule has 0 aliphatic carbocycles. The van der Waals surface area contributed by atoms with Crippen molar-refractivity contribution >= 4 is 17.3 Å². The van der Waals surface area contributed by atoms with E-state index >= 15 is 0 Å². The Morgan fingerprint density at radius 3 is 2.61 bits per heavy atom. The van der Waals surface area contributed by atoms with E-state index in [-0.39, 0.29) is 0 Å². The molecule has 1 aromatic heterocycles. The van der Waals surface area contributed by atoms with Gasteiger partial charge in [-0.15, -0.1) is 5.10 Å². The molecular formula is C22H22ClN5. The van der Waals surface area contributed by atoms with Gasteiger partial charge >= 0.3 is 0 Å². The van der Waals surface area contributed by atoms with E-state index < -0.39 is 0 Å². The molecule has 0 unspecified atom stereocenters. The normalized spacial score (nSPS) is 16.8. The van der Waals surface area contributed by atoms with Crippen LogP contribution in [-0.2, 0) is 13.1 Å².